The van der Waals surface area contributed by atoms with E-state index in [2.05, 4.69) is 55.4 Å². The highest BCUT2D eigenvalue weighted by molar-refractivity contribution is 5.98. The minimum atomic E-state index is -0.0181. The molecule has 0 bridgehead atoms. The van der Waals surface area contributed by atoms with Crippen molar-refractivity contribution in [1.82, 2.24) is 0 Å². The van der Waals surface area contributed by atoms with Gasteiger partial charge in [0.05, 0.1) is 5.60 Å². The summed E-state index contributed by atoms with van der Waals surface area (Å²) >= 11 is 0. The first kappa shape index (κ1) is 15.2. The number of hydrogen-bond donors (Lipinski definition) is 0. The van der Waals surface area contributed by atoms with E-state index in [-0.39, 0.29) is 11.0 Å². The van der Waals surface area contributed by atoms with Gasteiger partial charge in [-0.1, -0.05) is 41.5 Å². The molecule has 0 aromatic heterocycles. The van der Waals surface area contributed by atoms with Crippen LogP contribution in [-0.4, -0.2) is 16.1 Å². The molecule has 0 N–H and O–H groups in total. The van der Waals surface area contributed by atoms with Crippen LogP contribution in [0.4, 0.5) is 0 Å². The third kappa shape index (κ3) is 2.31. The third-order valence-corrected chi connectivity index (χ3v) is 5.44. The van der Waals surface area contributed by atoms with Crippen LogP contribution in [0.15, 0.2) is 0 Å². The van der Waals surface area contributed by atoms with Crippen LogP contribution in [0.1, 0.15) is 55.4 Å². The SMILES string of the molecule is CC(C)C(C(C)C)(C(C)C)C(C)(C)O[SiH3]. The van der Waals surface area contributed by atoms with E-state index in [0.29, 0.717) is 17.8 Å². The van der Waals surface area contributed by atoms with Crippen molar-refractivity contribution in [3.05, 3.63) is 0 Å². The Morgan fingerprint density at radius 3 is 1.13 bits per heavy atom. The molecule has 15 heavy (non-hydrogen) atoms. The van der Waals surface area contributed by atoms with Crippen molar-refractivity contribution in [3.8, 4) is 0 Å². The molecule has 0 aliphatic heterocycles. The molecular formula is C13H30OSi. The molecule has 0 heterocycles. The Morgan fingerprint density at radius 2 is 1.07 bits per heavy atom. The van der Waals surface area contributed by atoms with Crippen LogP contribution in [0.5, 0.6) is 0 Å². The molecule has 0 saturated heterocycles. The summed E-state index contributed by atoms with van der Waals surface area (Å²) in [5.74, 6) is 1.92. The molecule has 2 heteroatoms. The fourth-order valence-electron chi connectivity index (χ4n) is 4.26. The normalized spacial score (nSPS) is 14.6. The Hall–Kier alpha value is 0.177. The lowest BCUT2D eigenvalue weighted by Gasteiger charge is -2.55. The van der Waals surface area contributed by atoms with Crippen molar-refractivity contribution in [1.29, 1.82) is 0 Å². The van der Waals surface area contributed by atoms with Gasteiger partial charge in [0.25, 0.3) is 0 Å². The second-order valence-electron chi connectivity index (χ2n) is 6.11. The zero-order valence-corrected chi connectivity index (χ0v) is 14.1. The Bertz CT molecular complexity index is 173. The van der Waals surface area contributed by atoms with Gasteiger partial charge in [0.15, 0.2) is 0 Å². The van der Waals surface area contributed by atoms with E-state index in [1.165, 1.54) is 0 Å². The summed E-state index contributed by atoms with van der Waals surface area (Å²) in [6, 6.07) is 0. The maximum atomic E-state index is 5.93. The third-order valence-electron chi connectivity index (χ3n) is 4.42. The summed E-state index contributed by atoms with van der Waals surface area (Å²) < 4.78 is 5.93. The van der Waals surface area contributed by atoms with E-state index in [0.717, 1.165) is 10.5 Å². The largest absolute Gasteiger partial charge is 0.422 e. The molecule has 0 atom stereocenters. The molecule has 0 spiro atoms. The molecule has 92 valence electrons. The van der Waals surface area contributed by atoms with Crippen LogP contribution in [0.3, 0.4) is 0 Å². The van der Waals surface area contributed by atoms with Gasteiger partial charge in [0.2, 0.25) is 0 Å². The Labute approximate surface area is 99.5 Å². The molecule has 0 radical (unpaired) electrons. The molecule has 0 aliphatic carbocycles. The molecule has 0 aromatic rings. The molecule has 0 amide bonds. The highest BCUT2D eigenvalue weighted by Gasteiger charge is 2.51. The van der Waals surface area contributed by atoms with Crippen LogP contribution in [0.25, 0.3) is 0 Å². The van der Waals surface area contributed by atoms with Crippen LogP contribution in [0.2, 0.25) is 0 Å². The quantitative estimate of drug-likeness (QED) is 0.660. The summed E-state index contributed by atoms with van der Waals surface area (Å²) in [4.78, 5) is 0. The zero-order chi connectivity index (χ0) is 12.4. The lowest BCUT2D eigenvalue weighted by Crippen LogP contribution is -2.55. The van der Waals surface area contributed by atoms with Gasteiger partial charge in [0.1, 0.15) is 10.5 Å². The minimum Gasteiger partial charge on any atom is -0.422 e. The van der Waals surface area contributed by atoms with Gasteiger partial charge < -0.3 is 4.43 Å². The first-order chi connectivity index (χ1) is 6.64. The van der Waals surface area contributed by atoms with Crippen molar-refractivity contribution < 1.29 is 4.43 Å². The number of rotatable bonds is 5. The van der Waals surface area contributed by atoms with Crippen molar-refractivity contribution in [3.63, 3.8) is 0 Å². The van der Waals surface area contributed by atoms with Crippen LogP contribution >= 0.6 is 0 Å². The second-order valence-corrected chi connectivity index (χ2v) is 6.52. The van der Waals surface area contributed by atoms with Crippen molar-refractivity contribution >= 4 is 10.5 Å². The fraction of sp³-hybridized carbons (Fsp3) is 1.00. The summed E-state index contributed by atoms with van der Waals surface area (Å²) in [6.45, 7) is 18.5. The zero-order valence-electron chi connectivity index (χ0n) is 12.1. The van der Waals surface area contributed by atoms with Crippen molar-refractivity contribution in [2.24, 2.45) is 23.2 Å². The first-order valence-electron chi connectivity index (χ1n) is 6.19. The lowest BCUT2D eigenvalue weighted by molar-refractivity contribution is -0.122. The topological polar surface area (TPSA) is 9.23 Å². The van der Waals surface area contributed by atoms with Gasteiger partial charge >= 0.3 is 0 Å². The van der Waals surface area contributed by atoms with E-state index in [9.17, 15) is 0 Å². The van der Waals surface area contributed by atoms with Gasteiger partial charge in [-0.2, -0.15) is 0 Å². The van der Waals surface area contributed by atoms with Crippen LogP contribution in [-0.2, 0) is 4.43 Å². The van der Waals surface area contributed by atoms with E-state index < -0.39 is 0 Å². The summed E-state index contributed by atoms with van der Waals surface area (Å²) in [7, 11) is 0.816. The fourth-order valence-corrected chi connectivity index (χ4v) is 4.62. The van der Waals surface area contributed by atoms with Gasteiger partial charge in [-0.15, -0.1) is 0 Å². The Balaban J connectivity index is 5.53. The first-order valence-corrected chi connectivity index (χ1v) is 7.01. The smallest absolute Gasteiger partial charge is 0.146 e. The standard InChI is InChI=1S/C13H30OSi/c1-9(2)13(10(3)4,11(5)6)12(7,8)14-15/h9-11H,1-8,15H3. The molecule has 0 fully saturated rings. The van der Waals surface area contributed by atoms with Gasteiger partial charge in [0, 0.05) is 5.41 Å². The average Bonchev–Trinajstić information content (AvgIpc) is 2.02. The van der Waals surface area contributed by atoms with Crippen LogP contribution < -0.4 is 0 Å². The van der Waals surface area contributed by atoms with Gasteiger partial charge in [-0.05, 0) is 31.6 Å². The predicted molar refractivity (Wildman–Crippen MR) is 72.1 cm³/mol. The minimum absolute atomic E-state index is 0.0181. The summed E-state index contributed by atoms with van der Waals surface area (Å²) in [5, 5.41) is 0. The van der Waals surface area contributed by atoms with E-state index >= 15 is 0 Å². The maximum absolute atomic E-state index is 5.93. The maximum Gasteiger partial charge on any atom is 0.146 e. The highest BCUT2D eigenvalue weighted by Crippen LogP contribution is 2.52. The van der Waals surface area contributed by atoms with Crippen LogP contribution in [0, 0.1) is 23.2 Å². The van der Waals surface area contributed by atoms with E-state index in [1.54, 1.807) is 0 Å². The molecule has 0 saturated carbocycles. The molecule has 0 rings (SSSR count). The summed E-state index contributed by atoms with van der Waals surface area (Å²) in [5.41, 5.74) is 0.241. The average molecular weight is 230 g/mol. The molecule has 0 aromatic carbocycles. The van der Waals surface area contributed by atoms with E-state index in [4.69, 9.17) is 4.43 Å². The van der Waals surface area contributed by atoms with Gasteiger partial charge in [-0.3, -0.25) is 0 Å². The van der Waals surface area contributed by atoms with Crippen molar-refractivity contribution in [2.75, 3.05) is 0 Å². The Morgan fingerprint density at radius 1 is 0.800 bits per heavy atom. The molecule has 0 unspecified atom stereocenters. The lowest BCUT2D eigenvalue weighted by atomic mass is 9.54. The molecule has 1 nitrogen and oxygen atoms in total. The highest BCUT2D eigenvalue weighted by atomic mass is 28.2. The monoisotopic (exact) mass is 230 g/mol. The predicted octanol–water partition coefficient (Wildman–Crippen LogP) is 3.02. The molecule has 0 aliphatic rings. The van der Waals surface area contributed by atoms with E-state index in [1.807, 2.05) is 0 Å². The van der Waals surface area contributed by atoms with Gasteiger partial charge in [-0.25, -0.2) is 0 Å². The molecular weight excluding hydrogens is 200 g/mol. The second kappa shape index (κ2) is 5.01. The number of hydrogen-bond acceptors (Lipinski definition) is 1. The summed E-state index contributed by atoms with van der Waals surface area (Å²) in [6.07, 6.45) is 0. The van der Waals surface area contributed by atoms with Crippen molar-refractivity contribution in [2.45, 2.75) is 61.0 Å². The Kier molecular flexibility index (Phi) is 5.06.